The smallest absolute Gasteiger partial charge is 0.197 e. The van der Waals surface area contributed by atoms with Crippen LogP contribution in [0.1, 0.15) is 16.7 Å². The first-order chi connectivity index (χ1) is 5.22. The third-order valence-corrected chi connectivity index (χ3v) is 1.88. The average molecular weight is 168 g/mol. The molecule has 11 heavy (non-hydrogen) atoms. The summed E-state index contributed by atoms with van der Waals surface area (Å²) in [5.74, 6) is 0. The van der Waals surface area contributed by atoms with Crippen molar-refractivity contribution >= 4 is 12.5 Å². The third kappa shape index (κ3) is 2.76. The zero-order valence-corrected chi connectivity index (χ0v) is 7.87. The minimum Gasteiger partial charge on any atom is -0.197 e. The number of benzene rings is 1. The molecule has 0 aliphatic heterocycles. The Hall–Kier alpha value is -0.760. The van der Waals surface area contributed by atoms with E-state index in [2.05, 4.69) is 51.5 Å². The van der Waals surface area contributed by atoms with Crippen LogP contribution in [0.5, 0.6) is 0 Å². The van der Waals surface area contributed by atoms with Crippen molar-refractivity contribution in [1.82, 2.24) is 0 Å². The molecule has 1 aromatic carbocycles. The summed E-state index contributed by atoms with van der Waals surface area (Å²) >= 11 is 2.83. The van der Waals surface area contributed by atoms with E-state index in [1.165, 1.54) is 16.7 Å². The average Bonchev–Trinajstić information content (AvgIpc) is 2.04. The van der Waals surface area contributed by atoms with E-state index in [4.69, 9.17) is 4.21 Å². The van der Waals surface area contributed by atoms with E-state index >= 15 is 0 Å². The summed E-state index contributed by atoms with van der Waals surface area (Å²) in [6, 6.07) is 6.38. The van der Waals surface area contributed by atoms with Gasteiger partial charge in [-0.05, 0) is 37.5 Å². The molecule has 0 bridgehead atoms. The second-order valence-corrected chi connectivity index (χ2v) is 2.52. The molecule has 0 spiro atoms. The van der Waals surface area contributed by atoms with Crippen LogP contribution in [0.15, 0.2) is 18.2 Å². The van der Waals surface area contributed by atoms with Crippen molar-refractivity contribution in [1.29, 1.82) is 0 Å². The number of hydrogen-bond acceptors (Lipinski definition) is 2. The summed E-state index contributed by atoms with van der Waals surface area (Å²) in [5.41, 5.74) is 4.18. The van der Waals surface area contributed by atoms with Crippen LogP contribution in [-0.2, 0) is 12.5 Å². The van der Waals surface area contributed by atoms with Gasteiger partial charge in [0, 0.05) is 0 Å². The maximum Gasteiger partial charge on any atom is 0.197 e. The molecule has 0 aliphatic rings. The van der Waals surface area contributed by atoms with Gasteiger partial charge in [0.2, 0.25) is 0 Å². The highest BCUT2D eigenvalue weighted by molar-refractivity contribution is 7.44. The fourth-order valence-corrected chi connectivity index (χ4v) is 0.898. The van der Waals surface area contributed by atoms with Gasteiger partial charge >= 0.3 is 0 Å². The van der Waals surface area contributed by atoms with Crippen molar-refractivity contribution in [2.24, 2.45) is 0 Å². The summed E-state index contributed by atoms with van der Waals surface area (Å²) in [5, 5.41) is 0. The van der Waals surface area contributed by atoms with Crippen LogP contribution >= 0.6 is 0 Å². The molecule has 1 rings (SSSR count). The van der Waals surface area contributed by atoms with E-state index in [-0.39, 0.29) is 0 Å². The fourth-order valence-electron chi connectivity index (χ4n) is 0.898. The van der Waals surface area contributed by atoms with Crippen LogP contribution in [0.3, 0.4) is 0 Å². The molecule has 0 N–H and O–H groups in total. The van der Waals surface area contributed by atoms with Crippen LogP contribution in [0.2, 0.25) is 0 Å². The van der Waals surface area contributed by atoms with Crippen LogP contribution < -0.4 is 0 Å². The zero-order chi connectivity index (χ0) is 8.85. The molecule has 0 atom stereocenters. The SMILES string of the molecule is Cc1cccc(C)c1C.O=S. The number of rotatable bonds is 0. The quantitative estimate of drug-likeness (QED) is 0.591. The van der Waals surface area contributed by atoms with Crippen LogP contribution in [0, 0.1) is 20.8 Å². The van der Waals surface area contributed by atoms with Crippen molar-refractivity contribution < 1.29 is 4.21 Å². The maximum absolute atomic E-state index is 7.83. The van der Waals surface area contributed by atoms with Gasteiger partial charge < -0.3 is 0 Å². The lowest BCUT2D eigenvalue weighted by Gasteiger charge is -2.00. The highest BCUT2D eigenvalue weighted by Gasteiger charge is 1.91. The van der Waals surface area contributed by atoms with E-state index < -0.39 is 0 Å². The normalized spacial score (nSPS) is 8.27. The van der Waals surface area contributed by atoms with E-state index in [1.807, 2.05) is 0 Å². The monoisotopic (exact) mass is 168 g/mol. The Morgan fingerprint density at radius 2 is 1.36 bits per heavy atom. The number of aryl methyl sites for hydroxylation is 2. The highest BCUT2D eigenvalue weighted by atomic mass is 32.1. The number of hydrogen-bond donors (Lipinski definition) is 0. The van der Waals surface area contributed by atoms with Crippen molar-refractivity contribution in [3.8, 4) is 0 Å². The lowest BCUT2D eigenvalue weighted by Crippen LogP contribution is -1.82. The van der Waals surface area contributed by atoms with Crippen LogP contribution in [0.25, 0.3) is 0 Å². The molecule has 0 heterocycles. The molecule has 0 radical (unpaired) electrons. The van der Waals surface area contributed by atoms with Gasteiger partial charge in [-0.2, -0.15) is 4.21 Å². The summed E-state index contributed by atoms with van der Waals surface area (Å²) < 4.78 is 7.83. The topological polar surface area (TPSA) is 17.1 Å². The fraction of sp³-hybridized carbons (Fsp3) is 0.333. The minimum atomic E-state index is 1.38. The summed E-state index contributed by atoms with van der Waals surface area (Å²) in [4.78, 5) is 0. The van der Waals surface area contributed by atoms with E-state index in [1.54, 1.807) is 0 Å². The van der Waals surface area contributed by atoms with Crippen molar-refractivity contribution in [3.63, 3.8) is 0 Å². The van der Waals surface area contributed by atoms with Gasteiger partial charge in [-0.3, -0.25) is 0 Å². The molecule has 0 amide bonds. The van der Waals surface area contributed by atoms with Crippen molar-refractivity contribution in [2.45, 2.75) is 20.8 Å². The van der Waals surface area contributed by atoms with Gasteiger partial charge in [-0.1, -0.05) is 18.2 Å². The second kappa shape index (κ2) is 4.97. The summed E-state index contributed by atoms with van der Waals surface area (Å²) in [6.07, 6.45) is 0. The van der Waals surface area contributed by atoms with Crippen LogP contribution in [-0.4, -0.2) is 4.21 Å². The molecule has 0 saturated carbocycles. The summed E-state index contributed by atoms with van der Waals surface area (Å²) in [6.45, 7) is 6.44. The first-order valence-electron chi connectivity index (χ1n) is 3.41. The van der Waals surface area contributed by atoms with Gasteiger partial charge in [0.05, 0.1) is 0 Å². The van der Waals surface area contributed by atoms with Gasteiger partial charge in [0.1, 0.15) is 0 Å². The molecular formula is C9H12OS. The Kier molecular flexibility index (Phi) is 4.62. The molecule has 0 unspecified atom stereocenters. The van der Waals surface area contributed by atoms with Crippen LogP contribution in [0.4, 0.5) is 0 Å². The van der Waals surface area contributed by atoms with Crippen molar-refractivity contribution in [2.75, 3.05) is 0 Å². The largest absolute Gasteiger partial charge is 0.197 e. The minimum absolute atomic E-state index is 1.38. The molecule has 1 nitrogen and oxygen atoms in total. The lowest BCUT2D eigenvalue weighted by atomic mass is 10.1. The molecule has 0 fully saturated rings. The first-order valence-corrected chi connectivity index (χ1v) is 3.74. The lowest BCUT2D eigenvalue weighted by molar-refractivity contribution is 0.702. The predicted octanol–water partition coefficient (Wildman–Crippen LogP) is 2.28. The highest BCUT2D eigenvalue weighted by Crippen LogP contribution is 2.09. The standard InChI is InChI=1S/C9H12.OS/c1-7-5-4-6-8(2)9(7)3;1-2/h4-6H,1-3H3;. The first kappa shape index (κ1) is 10.2. The molecule has 0 aliphatic carbocycles. The Morgan fingerprint density at radius 1 is 1.00 bits per heavy atom. The van der Waals surface area contributed by atoms with E-state index in [0.29, 0.717) is 0 Å². The van der Waals surface area contributed by atoms with Gasteiger partial charge in [-0.15, -0.1) is 0 Å². The zero-order valence-electron chi connectivity index (χ0n) is 7.05. The molecule has 60 valence electrons. The predicted molar refractivity (Wildman–Crippen MR) is 48.8 cm³/mol. The molecule has 2 heteroatoms. The Balaban J connectivity index is 0.000000461. The molecular weight excluding hydrogens is 156 g/mol. The van der Waals surface area contributed by atoms with Gasteiger partial charge in [-0.25, -0.2) is 0 Å². The Bertz CT molecular complexity index is 213. The van der Waals surface area contributed by atoms with Gasteiger partial charge in [0.25, 0.3) is 0 Å². The Labute approximate surface area is 73.0 Å². The van der Waals surface area contributed by atoms with E-state index in [0.717, 1.165) is 0 Å². The van der Waals surface area contributed by atoms with E-state index in [9.17, 15) is 0 Å². The van der Waals surface area contributed by atoms with Crippen molar-refractivity contribution in [3.05, 3.63) is 34.9 Å². The molecule has 0 saturated heterocycles. The maximum atomic E-state index is 7.83. The molecule has 0 aromatic heterocycles. The Morgan fingerprint density at radius 3 is 1.64 bits per heavy atom. The third-order valence-electron chi connectivity index (χ3n) is 1.88. The van der Waals surface area contributed by atoms with Gasteiger partial charge in [0.15, 0.2) is 12.5 Å². The molecule has 1 aromatic rings. The second-order valence-electron chi connectivity index (χ2n) is 2.52. The summed E-state index contributed by atoms with van der Waals surface area (Å²) in [7, 11) is 0.